The van der Waals surface area contributed by atoms with Crippen molar-refractivity contribution >= 4 is 23.3 Å². The summed E-state index contributed by atoms with van der Waals surface area (Å²) < 4.78 is 0. The van der Waals surface area contributed by atoms with E-state index < -0.39 is 5.97 Å². The molecular weight excluding hydrogens is 274 g/mol. The zero-order valence-corrected chi connectivity index (χ0v) is 12.9. The van der Waals surface area contributed by atoms with Crippen molar-refractivity contribution in [3.05, 3.63) is 28.8 Å². The van der Waals surface area contributed by atoms with Crippen molar-refractivity contribution in [1.82, 2.24) is 0 Å². The first-order chi connectivity index (χ1) is 9.49. The Kier molecular flexibility index (Phi) is 4.92. The Morgan fingerprint density at radius 3 is 2.75 bits per heavy atom. The van der Waals surface area contributed by atoms with Gasteiger partial charge in [-0.1, -0.05) is 25.4 Å². The Labute approximate surface area is 125 Å². The zero-order chi connectivity index (χ0) is 14.7. The zero-order valence-electron chi connectivity index (χ0n) is 12.1. The molecule has 1 fully saturated rings. The Morgan fingerprint density at radius 2 is 2.10 bits per heavy atom. The molecule has 1 aliphatic rings. The third-order valence-corrected chi connectivity index (χ3v) is 4.48. The summed E-state index contributed by atoms with van der Waals surface area (Å²) in [6, 6.07) is 5.02. The van der Waals surface area contributed by atoms with E-state index in [0.717, 1.165) is 37.5 Å². The number of hydrogen-bond donors (Lipinski definition) is 1. The fourth-order valence-electron chi connectivity index (χ4n) is 2.98. The van der Waals surface area contributed by atoms with Crippen molar-refractivity contribution in [3.8, 4) is 0 Å². The van der Waals surface area contributed by atoms with Gasteiger partial charge in [-0.05, 0) is 49.3 Å². The summed E-state index contributed by atoms with van der Waals surface area (Å²) in [6.07, 6.45) is 3.44. The van der Waals surface area contributed by atoms with Gasteiger partial charge in [-0.15, -0.1) is 0 Å². The van der Waals surface area contributed by atoms with Crippen molar-refractivity contribution in [2.75, 3.05) is 18.0 Å². The largest absolute Gasteiger partial charge is 0.478 e. The van der Waals surface area contributed by atoms with Crippen LogP contribution >= 0.6 is 11.6 Å². The third-order valence-electron chi connectivity index (χ3n) is 4.25. The summed E-state index contributed by atoms with van der Waals surface area (Å²) in [6.45, 7) is 6.35. The van der Waals surface area contributed by atoms with Crippen molar-refractivity contribution < 1.29 is 9.90 Å². The Balaban J connectivity index is 2.23. The maximum absolute atomic E-state index is 11.4. The van der Waals surface area contributed by atoms with Crippen LogP contribution in [0.15, 0.2) is 18.2 Å². The quantitative estimate of drug-likeness (QED) is 0.904. The molecule has 110 valence electrons. The molecule has 2 rings (SSSR count). The van der Waals surface area contributed by atoms with E-state index >= 15 is 0 Å². The summed E-state index contributed by atoms with van der Waals surface area (Å²) in [5, 5.41) is 9.92. The van der Waals surface area contributed by atoms with Crippen molar-refractivity contribution in [2.24, 2.45) is 11.8 Å². The number of benzene rings is 1. The first-order valence-corrected chi connectivity index (χ1v) is 7.64. The molecule has 0 spiro atoms. The van der Waals surface area contributed by atoms with Gasteiger partial charge in [-0.25, -0.2) is 4.79 Å². The highest BCUT2D eigenvalue weighted by molar-refractivity contribution is 6.31. The van der Waals surface area contributed by atoms with Crippen molar-refractivity contribution in [3.63, 3.8) is 0 Å². The normalized spacial score (nSPS) is 20.0. The number of aromatic carboxylic acids is 1. The molecule has 0 amide bonds. The van der Waals surface area contributed by atoms with Crippen LogP contribution in [0.2, 0.25) is 5.02 Å². The second-order valence-corrected chi connectivity index (χ2v) is 6.33. The number of rotatable bonds is 3. The van der Waals surface area contributed by atoms with E-state index in [-0.39, 0.29) is 0 Å². The van der Waals surface area contributed by atoms with E-state index in [0.29, 0.717) is 16.5 Å². The number of carboxylic acids is 1. The highest BCUT2D eigenvalue weighted by Gasteiger charge is 2.22. The second-order valence-electron chi connectivity index (χ2n) is 5.89. The van der Waals surface area contributed by atoms with E-state index in [9.17, 15) is 9.90 Å². The van der Waals surface area contributed by atoms with E-state index in [1.165, 1.54) is 6.42 Å². The summed E-state index contributed by atoms with van der Waals surface area (Å²) in [4.78, 5) is 13.5. The summed E-state index contributed by atoms with van der Waals surface area (Å²) in [5.41, 5.74) is 1.10. The first-order valence-electron chi connectivity index (χ1n) is 7.27. The fourth-order valence-corrected chi connectivity index (χ4v) is 3.14. The average Bonchev–Trinajstić information content (AvgIpc) is 2.63. The smallest absolute Gasteiger partial charge is 0.337 e. The van der Waals surface area contributed by atoms with Crippen LogP contribution in [0.3, 0.4) is 0 Å². The van der Waals surface area contributed by atoms with Crippen molar-refractivity contribution in [2.45, 2.75) is 33.1 Å². The fraction of sp³-hybridized carbons (Fsp3) is 0.562. The molecular formula is C16H22ClNO2. The molecule has 4 heteroatoms. The van der Waals surface area contributed by atoms with Crippen LogP contribution in [0.25, 0.3) is 0 Å². The van der Waals surface area contributed by atoms with Gasteiger partial charge in [0, 0.05) is 18.1 Å². The topological polar surface area (TPSA) is 40.5 Å². The van der Waals surface area contributed by atoms with Gasteiger partial charge in [0.1, 0.15) is 0 Å². The summed E-state index contributed by atoms with van der Waals surface area (Å²) in [5.74, 6) is 0.530. The van der Waals surface area contributed by atoms with Gasteiger partial charge >= 0.3 is 5.97 Å². The monoisotopic (exact) mass is 295 g/mol. The highest BCUT2D eigenvalue weighted by atomic mass is 35.5. The predicted molar refractivity (Wildman–Crippen MR) is 82.8 cm³/mol. The second kappa shape index (κ2) is 6.49. The molecule has 0 saturated carbocycles. The van der Waals surface area contributed by atoms with Crippen LogP contribution in [-0.4, -0.2) is 24.2 Å². The van der Waals surface area contributed by atoms with Crippen LogP contribution in [0.5, 0.6) is 0 Å². The van der Waals surface area contributed by atoms with Gasteiger partial charge in [-0.3, -0.25) is 0 Å². The van der Waals surface area contributed by atoms with Gasteiger partial charge < -0.3 is 10.0 Å². The Morgan fingerprint density at radius 1 is 1.35 bits per heavy atom. The summed E-state index contributed by atoms with van der Waals surface area (Å²) in [7, 11) is 0. The van der Waals surface area contributed by atoms with Gasteiger partial charge in [0.2, 0.25) is 0 Å². The van der Waals surface area contributed by atoms with Crippen LogP contribution in [0.4, 0.5) is 5.69 Å². The van der Waals surface area contributed by atoms with Crippen molar-refractivity contribution in [1.29, 1.82) is 0 Å². The molecule has 1 heterocycles. The molecule has 0 radical (unpaired) electrons. The number of anilines is 1. The molecule has 1 aliphatic heterocycles. The molecule has 1 atom stereocenters. The molecule has 1 aromatic carbocycles. The minimum Gasteiger partial charge on any atom is -0.478 e. The molecule has 0 bridgehead atoms. The summed E-state index contributed by atoms with van der Waals surface area (Å²) >= 11 is 6.04. The van der Waals surface area contributed by atoms with Crippen LogP contribution < -0.4 is 4.90 Å². The van der Waals surface area contributed by atoms with Crippen LogP contribution in [0, 0.1) is 11.8 Å². The van der Waals surface area contributed by atoms with Crippen LogP contribution in [0.1, 0.15) is 43.5 Å². The van der Waals surface area contributed by atoms with E-state index in [2.05, 4.69) is 18.7 Å². The molecule has 3 nitrogen and oxygen atoms in total. The lowest BCUT2D eigenvalue weighted by Gasteiger charge is -2.25. The number of carboxylic acid groups (broad SMARTS) is 1. The maximum Gasteiger partial charge on any atom is 0.337 e. The van der Waals surface area contributed by atoms with Gasteiger partial charge in [0.25, 0.3) is 0 Å². The third kappa shape index (κ3) is 3.45. The number of nitrogens with zero attached hydrogens (tertiary/aromatic N) is 1. The lowest BCUT2D eigenvalue weighted by Crippen LogP contribution is -2.26. The van der Waals surface area contributed by atoms with E-state index in [1.807, 2.05) is 0 Å². The van der Waals surface area contributed by atoms with Gasteiger partial charge in [-0.2, -0.15) is 0 Å². The first kappa shape index (κ1) is 15.2. The van der Waals surface area contributed by atoms with Crippen LogP contribution in [-0.2, 0) is 0 Å². The number of carbonyl (C=O) groups is 1. The minimum absolute atomic E-state index is 0.345. The molecule has 20 heavy (non-hydrogen) atoms. The molecule has 1 N–H and O–H groups in total. The lowest BCUT2D eigenvalue weighted by atomic mass is 9.89. The molecule has 0 aliphatic carbocycles. The molecule has 1 unspecified atom stereocenters. The molecule has 1 saturated heterocycles. The number of halogens is 1. The average molecular weight is 296 g/mol. The lowest BCUT2D eigenvalue weighted by molar-refractivity contribution is 0.0697. The SMILES string of the molecule is CC(C)C1CCCN(c2cc(Cl)ccc2C(=O)O)CC1. The van der Waals surface area contributed by atoms with E-state index in [4.69, 9.17) is 11.6 Å². The Bertz CT molecular complexity index is 487. The number of hydrogen-bond acceptors (Lipinski definition) is 2. The van der Waals surface area contributed by atoms with E-state index in [1.54, 1.807) is 18.2 Å². The predicted octanol–water partition coefficient (Wildman–Crippen LogP) is 4.30. The maximum atomic E-state index is 11.4. The highest BCUT2D eigenvalue weighted by Crippen LogP contribution is 2.30. The van der Waals surface area contributed by atoms with Gasteiger partial charge in [0.15, 0.2) is 0 Å². The Hall–Kier alpha value is -1.22. The standard InChI is InChI=1S/C16H22ClNO2/c1-11(2)12-4-3-8-18(9-7-12)15-10-13(17)5-6-14(15)16(19)20/h5-6,10-12H,3-4,7-9H2,1-2H3,(H,19,20). The molecule has 0 aromatic heterocycles. The van der Waals surface area contributed by atoms with Gasteiger partial charge in [0.05, 0.1) is 11.3 Å². The molecule has 1 aromatic rings. The minimum atomic E-state index is -0.888.